The van der Waals surface area contributed by atoms with Crippen LogP contribution in [0.25, 0.3) is 6.08 Å². The predicted molar refractivity (Wildman–Crippen MR) is 72.6 cm³/mol. The van der Waals surface area contributed by atoms with Gasteiger partial charge in [0.15, 0.2) is 5.78 Å². The first-order valence-corrected chi connectivity index (χ1v) is 5.71. The van der Waals surface area contributed by atoms with E-state index in [-0.39, 0.29) is 17.1 Å². The molecule has 0 radical (unpaired) electrons. The zero-order chi connectivity index (χ0) is 13.7. The van der Waals surface area contributed by atoms with Crippen LogP contribution in [0.5, 0.6) is 5.75 Å². The van der Waals surface area contributed by atoms with Crippen LogP contribution < -0.4 is 0 Å². The Balaban J connectivity index is 2.26. The Morgan fingerprint density at radius 3 is 2.58 bits per heavy atom. The molecule has 2 rings (SSSR count). The van der Waals surface area contributed by atoms with E-state index in [1.54, 1.807) is 6.08 Å². The number of allylic oxidation sites excluding steroid dienone is 1. The highest BCUT2D eigenvalue weighted by Gasteiger charge is 2.09. The third-order valence-electron chi connectivity index (χ3n) is 2.62. The number of rotatable bonds is 3. The maximum absolute atomic E-state index is 12.0. The van der Waals surface area contributed by atoms with Crippen molar-refractivity contribution in [2.75, 3.05) is 0 Å². The van der Waals surface area contributed by atoms with Gasteiger partial charge < -0.3 is 5.11 Å². The lowest BCUT2D eigenvalue weighted by Gasteiger charge is -2.00. The molecule has 3 heteroatoms. The topological polar surface area (TPSA) is 61.1 Å². The average molecular weight is 249 g/mol. The van der Waals surface area contributed by atoms with Gasteiger partial charge in [-0.1, -0.05) is 36.4 Å². The summed E-state index contributed by atoms with van der Waals surface area (Å²) in [5, 5.41) is 18.4. The number of nitrogens with zero attached hydrogens (tertiary/aromatic N) is 1. The lowest BCUT2D eigenvalue weighted by molar-refractivity contribution is 0.104. The average Bonchev–Trinajstić information content (AvgIpc) is 2.46. The quantitative estimate of drug-likeness (QED) is 0.671. The first-order chi connectivity index (χ1) is 9.20. The fourth-order valence-corrected chi connectivity index (χ4v) is 1.63. The van der Waals surface area contributed by atoms with Crippen LogP contribution >= 0.6 is 0 Å². The highest BCUT2D eigenvalue weighted by Crippen LogP contribution is 2.19. The van der Waals surface area contributed by atoms with Gasteiger partial charge in [-0.05, 0) is 29.8 Å². The van der Waals surface area contributed by atoms with Crippen LogP contribution in [0.3, 0.4) is 0 Å². The van der Waals surface area contributed by atoms with Crippen molar-refractivity contribution in [2.45, 2.75) is 0 Å². The smallest absolute Gasteiger partial charge is 0.189 e. The van der Waals surface area contributed by atoms with Gasteiger partial charge in [-0.25, -0.2) is 0 Å². The number of benzene rings is 2. The van der Waals surface area contributed by atoms with Crippen LogP contribution in [0, 0.1) is 11.3 Å². The number of carbonyl (C=O) groups excluding carboxylic acids is 1. The molecule has 92 valence electrons. The number of hydrogen-bond acceptors (Lipinski definition) is 3. The maximum Gasteiger partial charge on any atom is 0.189 e. The first kappa shape index (κ1) is 12.6. The lowest BCUT2D eigenvalue weighted by Crippen LogP contribution is -1.95. The van der Waals surface area contributed by atoms with Crippen molar-refractivity contribution in [3.63, 3.8) is 0 Å². The number of nitriles is 1. The fraction of sp³-hybridized carbons (Fsp3) is 0. The van der Waals surface area contributed by atoms with E-state index < -0.39 is 0 Å². The molecule has 0 fully saturated rings. The second-order valence-corrected chi connectivity index (χ2v) is 3.95. The summed E-state index contributed by atoms with van der Waals surface area (Å²) < 4.78 is 0. The number of carbonyl (C=O) groups is 1. The van der Waals surface area contributed by atoms with Crippen molar-refractivity contribution in [3.05, 3.63) is 71.3 Å². The maximum atomic E-state index is 12.0. The molecule has 0 saturated carbocycles. The van der Waals surface area contributed by atoms with Crippen molar-refractivity contribution in [1.29, 1.82) is 5.26 Å². The van der Waals surface area contributed by atoms with Crippen LogP contribution in [-0.4, -0.2) is 10.9 Å². The van der Waals surface area contributed by atoms with Gasteiger partial charge in [0.25, 0.3) is 0 Å². The largest absolute Gasteiger partial charge is 0.507 e. The molecule has 0 unspecified atom stereocenters. The van der Waals surface area contributed by atoms with Crippen LogP contribution in [0.4, 0.5) is 0 Å². The molecular formula is C16H11NO2. The van der Waals surface area contributed by atoms with E-state index in [4.69, 9.17) is 5.26 Å². The van der Waals surface area contributed by atoms with Crippen LogP contribution in [0.2, 0.25) is 0 Å². The predicted octanol–water partition coefficient (Wildman–Crippen LogP) is 3.16. The number of aromatic hydroxyl groups is 1. The Morgan fingerprint density at radius 1 is 1.16 bits per heavy atom. The van der Waals surface area contributed by atoms with Gasteiger partial charge in [0, 0.05) is 0 Å². The standard InChI is InChI=1S/C16H11NO2/c17-11-13-7-9-16(19)14(10-13)15(18)8-6-12-4-2-1-3-5-12/h1-10,19H/b8-6+. The molecule has 0 aliphatic rings. The SMILES string of the molecule is N#Cc1ccc(O)c(C(=O)/C=C/c2ccccc2)c1. The van der Waals surface area contributed by atoms with E-state index in [1.165, 1.54) is 24.3 Å². The minimum atomic E-state index is -0.335. The van der Waals surface area contributed by atoms with E-state index in [2.05, 4.69) is 0 Å². The molecule has 0 bridgehead atoms. The molecule has 0 spiro atoms. The van der Waals surface area contributed by atoms with Gasteiger partial charge in [0.2, 0.25) is 0 Å². The van der Waals surface area contributed by atoms with Gasteiger partial charge in [0.1, 0.15) is 5.75 Å². The van der Waals surface area contributed by atoms with E-state index in [0.29, 0.717) is 5.56 Å². The molecule has 0 aliphatic carbocycles. The molecule has 2 aromatic rings. The molecule has 3 nitrogen and oxygen atoms in total. The summed E-state index contributed by atoms with van der Waals surface area (Å²) in [6.45, 7) is 0. The van der Waals surface area contributed by atoms with E-state index in [9.17, 15) is 9.90 Å². The molecule has 0 atom stereocenters. The number of phenolic OH excluding ortho intramolecular Hbond substituents is 1. The number of hydrogen-bond donors (Lipinski definition) is 1. The minimum Gasteiger partial charge on any atom is -0.507 e. The molecule has 0 heterocycles. The normalized spacial score (nSPS) is 10.3. The molecule has 19 heavy (non-hydrogen) atoms. The Bertz CT molecular complexity index is 667. The number of ketones is 1. The Kier molecular flexibility index (Phi) is 3.75. The summed E-state index contributed by atoms with van der Waals surface area (Å²) in [6.07, 6.45) is 3.05. The summed E-state index contributed by atoms with van der Waals surface area (Å²) in [5.74, 6) is -0.458. The highest BCUT2D eigenvalue weighted by atomic mass is 16.3. The fourth-order valence-electron chi connectivity index (χ4n) is 1.63. The molecule has 2 aromatic carbocycles. The van der Waals surface area contributed by atoms with Crippen molar-refractivity contribution >= 4 is 11.9 Å². The zero-order valence-corrected chi connectivity index (χ0v) is 10.1. The summed E-state index contributed by atoms with van der Waals surface area (Å²) in [7, 11) is 0. The van der Waals surface area contributed by atoms with Crippen LogP contribution in [0.1, 0.15) is 21.5 Å². The monoisotopic (exact) mass is 249 g/mol. The third kappa shape index (κ3) is 3.08. The van der Waals surface area contributed by atoms with Gasteiger partial charge in [0.05, 0.1) is 17.2 Å². The Hall–Kier alpha value is -2.86. The molecular weight excluding hydrogens is 238 g/mol. The van der Waals surface area contributed by atoms with E-state index in [1.807, 2.05) is 36.4 Å². The van der Waals surface area contributed by atoms with Gasteiger partial charge in [-0.3, -0.25) is 4.79 Å². The van der Waals surface area contributed by atoms with Gasteiger partial charge >= 0.3 is 0 Å². The number of phenols is 1. The highest BCUT2D eigenvalue weighted by molar-refractivity contribution is 6.08. The Morgan fingerprint density at radius 2 is 1.89 bits per heavy atom. The van der Waals surface area contributed by atoms with Gasteiger partial charge in [-0.2, -0.15) is 5.26 Å². The second-order valence-electron chi connectivity index (χ2n) is 3.95. The minimum absolute atomic E-state index is 0.123. The summed E-state index contributed by atoms with van der Waals surface area (Å²) >= 11 is 0. The molecule has 0 saturated heterocycles. The van der Waals surface area contributed by atoms with Crippen LogP contribution in [-0.2, 0) is 0 Å². The van der Waals surface area contributed by atoms with E-state index >= 15 is 0 Å². The Labute approximate surface area is 111 Å². The second kappa shape index (κ2) is 5.65. The lowest BCUT2D eigenvalue weighted by atomic mass is 10.1. The molecule has 0 amide bonds. The summed E-state index contributed by atoms with van der Waals surface area (Å²) in [5.41, 5.74) is 1.37. The van der Waals surface area contributed by atoms with Gasteiger partial charge in [-0.15, -0.1) is 0 Å². The van der Waals surface area contributed by atoms with Crippen molar-refractivity contribution in [2.24, 2.45) is 0 Å². The zero-order valence-electron chi connectivity index (χ0n) is 10.1. The summed E-state index contributed by atoms with van der Waals surface area (Å²) in [6, 6.07) is 15.5. The summed E-state index contributed by atoms with van der Waals surface area (Å²) in [4.78, 5) is 12.0. The molecule has 0 aromatic heterocycles. The van der Waals surface area contributed by atoms with Crippen molar-refractivity contribution in [3.8, 4) is 11.8 Å². The van der Waals surface area contributed by atoms with E-state index in [0.717, 1.165) is 5.56 Å². The van der Waals surface area contributed by atoms with Crippen LogP contribution in [0.15, 0.2) is 54.6 Å². The first-order valence-electron chi connectivity index (χ1n) is 5.71. The van der Waals surface area contributed by atoms with Crippen molar-refractivity contribution < 1.29 is 9.90 Å². The molecule has 1 N–H and O–H groups in total. The third-order valence-corrected chi connectivity index (χ3v) is 2.62. The van der Waals surface area contributed by atoms with Crippen molar-refractivity contribution in [1.82, 2.24) is 0 Å². The molecule has 0 aliphatic heterocycles.